The molecule has 26 heavy (non-hydrogen) atoms. The molecular weight excluding hydrogens is 461 g/mol. The lowest BCUT2D eigenvalue weighted by atomic mass is 10.1. The first-order chi connectivity index (χ1) is 12.3. The number of hydrogen-bond acceptors (Lipinski definition) is 3. The van der Waals surface area contributed by atoms with E-state index >= 15 is 0 Å². The predicted molar refractivity (Wildman–Crippen MR) is 108 cm³/mol. The Kier molecular flexibility index (Phi) is 5.97. The first-order valence-corrected chi connectivity index (χ1v) is 11.3. The zero-order chi connectivity index (χ0) is 18.9. The third kappa shape index (κ3) is 4.42. The summed E-state index contributed by atoms with van der Waals surface area (Å²) in [7, 11) is -3.14. The second kappa shape index (κ2) is 7.89. The SMILES string of the molecule is O=C(c1ccccc1Br)N(Cc1ccc(Cl)cc1Cl)C1CCS(=O)(=O)C1. The highest BCUT2D eigenvalue weighted by Gasteiger charge is 2.35. The van der Waals surface area contributed by atoms with Crippen LogP contribution in [0.5, 0.6) is 0 Å². The number of sulfone groups is 1. The largest absolute Gasteiger partial charge is 0.330 e. The Balaban J connectivity index is 1.96. The molecular formula is C18H16BrCl2NO3S. The number of amides is 1. The molecule has 1 saturated heterocycles. The van der Waals surface area contributed by atoms with E-state index in [1.165, 1.54) is 0 Å². The van der Waals surface area contributed by atoms with Gasteiger partial charge in [-0.2, -0.15) is 0 Å². The third-order valence-corrected chi connectivity index (χ3v) is 7.40. The highest BCUT2D eigenvalue weighted by molar-refractivity contribution is 9.10. The van der Waals surface area contributed by atoms with Gasteiger partial charge >= 0.3 is 0 Å². The molecule has 1 aliphatic heterocycles. The summed E-state index contributed by atoms with van der Waals surface area (Å²) in [5, 5.41) is 0.953. The maximum Gasteiger partial charge on any atom is 0.255 e. The Labute approximate surface area is 171 Å². The fourth-order valence-electron chi connectivity index (χ4n) is 3.01. The Morgan fingerprint density at radius 3 is 2.54 bits per heavy atom. The van der Waals surface area contributed by atoms with E-state index in [4.69, 9.17) is 23.2 Å². The lowest BCUT2D eigenvalue weighted by Crippen LogP contribution is -2.40. The molecule has 0 aromatic heterocycles. The number of carbonyl (C=O) groups excluding carboxylic acids is 1. The van der Waals surface area contributed by atoms with Crippen molar-refractivity contribution in [1.29, 1.82) is 0 Å². The van der Waals surface area contributed by atoms with Gasteiger partial charge in [-0.25, -0.2) is 8.42 Å². The van der Waals surface area contributed by atoms with E-state index < -0.39 is 9.84 Å². The molecule has 8 heteroatoms. The minimum Gasteiger partial charge on any atom is -0.330 e. The smallest absolute Gasteiger partial charge is 0.255 e. The minimum absolute atomic E-state index is 0.0333. The summed E-state index contributed by atoms with van der Waals surface area (Å²) in [5.41, 5.74) is 1.21. The average Bonchev–Trinajstić information content (AvgIpc) is 2.94. The molecule has 4 nitrogen and oxygen atoms in total. The quantitative estimate of drug-likeness (QED) is 0.648. The molecule has 0 radical (unpaired) electrons. The van der Waals surface area contributed by atoms with Crippen LogP contribution in [0.15, 0.2) is 46.9 Å². The van der Waals surface area contributed by atoms with Crippen LogP contribution >= 0.6 is 39.1 Å². The Morgan fingerprint density at radius 2 is 1.92 bits per heavy atom. The lowest BCUT2D eigenvalue weighted by molar-refractivity contribution is 0.0680. The van der Waals surface area contributed by atoms with E-state index in [2.05, 4.69) is 15.9 Å². The van der Waals surface area contributed by atoms with E-state index in [9.17, 15) is 13.2 Å². The van der Waals surface area contributed by atoms with Gasteiger partial charge in [-0.15, -0.1) is 0 Å². The van der Waals surface area contributed by atoms with Crippen LogP contribution in [0.2, 0.25) is 10.0 Å². The molecule has 0 bridgehead atoms. The molecule has 1 heterocycles. The third-order valence-electron chi connectivity index (χ3n) is 4.37. The van der Waals surface area contributed by atoms with Crippen LogP contribution in [0, 0.1) is 0 Å². The van der Waals surface area contributed by atoms with Gasteiger partial charge in [0.05, 0.1) is 17.1 Å². The molecule has 3 rings (SSSR count). The van der Waals surface area contributed by atoms with Crippen LogP contribution in [0.25, 0.3) is 0 Å². The maximum atomic E-state index is 13.2. The Hall–Kier alpha value is -1.08. The fourth-order valence-corrected chi connectivity index (χ4v) is 5.66. The highest BCUT2D eigenvalue weighted by Crippen LogP contribution is 2.28. The summed E-state index contributed by atoms with van der Waals surface area (Å²) >= 11 is 15.6. The van der Waals surface area contributed by atoms with Gasteiger partial charge in [0.25, 0.3) is 5.91 Å². The summed E-state index contributed by atoms with van der Waals surface area (Å²) in [5.74, 6) is -0.175. The molecule has 138 valence electrons. The Morgan fingerprint density at radius 1 is 1.19 bits per heavy atom. The number of benzene rings is 2. The Bertz CT molecular complexity index is 949. The van der Waals surface area contributed by atoms with E-state index in [1.54, 1.807) is 41.3 Å². The average molecular weight is 477 g/mol. The molecule has 0 N–H and O–H groups in total. The van der Waals surface area contributed by atoms with Crippen molar-refractivity contribution >= 4 is 54.9 Å². The van der Waals surface area contributed by atoms with Crippen molar-refractivity contribution in [2.75, 3.05) is 11.5 Å². The molecule has 2 aromatic carbocycles. The molecule has 0 saturated carbocycles. The molecule has 1 atom stereocenters. The first-order valence-electron chi connectivity index (χ1n) is 7.97. The van der Waals surface area contributed by atoms with Gasteiger partial charge in [-0.05, 0) is 52.2 Å². The number of hydrogen-bond donors (Lipinski definition) is 0. The normalized spacial score (nSPS) is 18.7. The van der Waals surface area contributed by atoms with Gasteiger partial charge in [0, 0.05) is 27.1 Å². The number of rotatable bonds is 4. The summed E-state index contributed by atoms with van der Waals surface area (Å²) in [6, 6.07) is 11.8. The van der Waals surface area contributed by atoms with Crippen molar-refractivity contribution in [2.24, 2.45) is 0 Å². The van der Waals surface area contributed by atoms with E-state index in [-0.39, 0.29) is 30.0 Å². The molecule has 1 fully saturated rings. The van der Waals surface area contributed by atoms with Gasteiger partial charge in [0.2, 0.25) is 0 Å². The second-order valence-electron chi connectivity index (χ2n) is 6.21. The van der Waals surface area contributed by atoms with Crippen LogP contribution in [-0.2, 0) is 16.4 Å². The number of halogens is 3. The van der Waals surface area contributed by atoms with Crippen LogP contribution in [0.1, 0.15) is 22.3 Å². The van der Waals surface area contributed by atoms with E-state index in [0.29, 0.717) is 26.5 Å². The predicted octanol–water partition coefficient (Wildman–Crippen LogP) is 4.59. The maximum absolute atomic E-state index is 13.2. The van der Waals surface area contributed by atoms with E-state index in [1.807, 2.05) is 6.07 Å². The first kappa shape index (κ1) is 19.7. The summed E-state index contributed by atoms with van der Waals surface area (Å²) in [6.45, 7) is 0.219. The lowest BCUT2D eigenvalue weighted by Gasteiger charge is -2.29. The molecule has 1 amide bonds. The standard InChI is InChI=1S/C18H16BrCl2NO3S/c19-16-4-2-1-3-15(16)18(23)22(14-7-8-26(24,25)11-14)10-12-5-6-13(20)9-17(12)21/h1-6,9,14H,7-8,10-11H2. The molecule has 0 spiro atoms. The zero-order valence-electron chi connectivity index (χ0n) is 13.7. The van der Waals surface area contributed by atoms with Crippen LogP contribution < -0.4 is 0 Å². The van der Waals surface area contributed by atoms with E-state index in [0.717, 1.165) is 5.56 Å². The van der Waals surface area contributed by atoms with Crippen LogP contribution in [0.4, 0.5) is 0 Å². The summed E-state index contributed by atoms with van der Waals surface area (Å²) in [6.07, 6.45) is 0.420. The van der Waals surface area contributed by atoms with Crippen molar-refractivity contribution in [3.8, 4) is 0 Å². The highest BCUT2D eigenvalue weighted by atomic mass is 79.9. The van der Waals surface area contributed by atoms with Gasteiger partial charge < -0.3 is 4.90 Å². The van der Waals surface area contributed by atoms with Crippen LogP contribution in [0.3, 0.4) is 0 Å². The minimum atomic E-state index is -3.14. The monoisotopic (exact) mass is 475 g/mol. The molecule has 1 aliphatic rings. The van der Waals surface area contributed by atoms with Gasteiger partial charge in [0.15, 0.2) is 9.84 Å². The van der Waals surface area contributed by atoms with Gasteiger partial charge in [0.1, 0.15) is 0 Å². The topological polar surface area (TPSA) is 54.5 Å². The van der Waals surface area contributed by atoms with Crippen molar-refractivity contribution in [2.45, 2.75) is 19.0 Å². The molecule has 0 aliphatic carbocycles. The fraction of sp³-hybridized carbons (Fsp3) is 0.278. The van der Waals surface area contributed by atoms with Crippen molar-refractivity contribution in [3.05, 3.63) is 68.1 Å². The van der Waals surface area contributed by atoms with Crippen molar-refractivity contribution in [3.63, 3.8) is 0 Å². The summed E-state index contributed by atoms with van der Waals surface area (Å²) < 4.78 is 24.6. The molecule has 1 unspecified atom stereocenters. The van der Waals surface area contributed by atoms with Crippen molar-refractivity contribution in [1.82, 2.24) is 4.90 Å². The molecule has 2 aromatic rings. The zero-order valence-corrected chi connectivity index (χ0v) is 17.6. The number of nitrogens with zero attached hydrogens (tertiary/aromatic N) is 1. The van der Waals surface area contributed by atoms with Crippen LogP contribution in [-0.4, -0.2) is 36.8 Å². The number of carbonyl (C=O) groups is 1. The van der Waals surface area contributed by atoms with Crippen molar-refractivity contribution < 1.29 is 13.2 Å². The van der Waals surface area contributed by atoms with Gasteiger partial charge in [-0.3, -0.25) is 4.79 Å². The van der Waals surface area contributed by atoms with Gasteiger partial charge in [-0.1, -0.05) is 41.4 Å². The summed E-state index contributed by atoms with van der Waals surface area (Å²) in [4.78, 5) is 14.8. The second-order valence-corrected chi connectivity index (χ2v) is 10.1.